The molecular weight excluding hydrogens is 784 g/mol. The summed E-state index contributed by atoms with van der Waals surface area (Å²) in [5.74, 6) is -2.60. The maximum absolute atomic E-state index is 15.1. The van der Waals surface area contributed by atoms with E-state index in [1.165, 1.54) is 34.0 Å². The van der Waals surface area contributed by atoms with Gasteiger partial charge in [0.25, 0.3) is 11.8 Å². The number of hydrogen-bond acceptors (Lipinski definition) is 10. The number of nitrogens with one attached hydrogen (secondary N) is 1. The Hall–Kier alpha value is -4.44. The van der Waals surface area contributed by atoms with Gasteiger partial charge < -0.3 is 29.1 Å². The Morgan fingerprint density at radius 2 is 1.97 bits per heavy atom. The lowest BCUT2D eigenvalue weighted by atomic mass is 9.68. The molecule has 7 atom stereocenters. The van der Waals surface area contributed by atoms with Crippen LogP contribution in [-0.2, 0) is 38.3 Å². The summed E-state index contributed by atoms with van der Waals surface area (Å²) >= 11 is 6.48. The Bertz CT molecular complexity index is 2250. The summed E-state index contributed by atoms with van der Waals surface area (Å²) in [4.78, 5) is 45.0. The highest BCUT2D eigenvalue weighted by Crippen LogP contribution is 2.47. The molecule has 2 aliphatic carbocycles. The van der Waals surface area contributed by atoms with E-state index >= 15 is 4.21 Å². The first kappa shape index (κ1) is 41.7. The molecule has 7 rings (SSSR count). The van der Waals surface area contributed by atoms with Gasteiger partial charge in [-0.25, -0.2) is 4.21 Å². The van der Waals surface area contributed by atoms with Crippen molar-refractivity contribution in [2.24, 2.45) is 29.2 Å². The molecule has 1 saturated carbocycles. The van der Waals surface area contributed by atoms with Crippen LogP contribution in [0.1, 0.15) is 70.9 Å². The van der Waals surface area contributed by atoms with Crippen molar-refractivity contribution in [1.29, 1.82) is 0 Å². The Kier molecular flexibility index (Phi) is 11.7. The number of carbonyl (C=O) groups is 3. The average molecular weight is 837 g/mol. The molecule has 58 heavy (non-hydrogen) atoms. The van der Waals surface area contributed by atoms with Crippen molar-refractivity contribution < 1.29 is 37.9 Å². The van der Waals surface area contributed by atoms with Gasteiger partial charge in [0.05, 0.1) is 43.3 Å². The molecule has 3 heterocycles. The van der Waals surface area contributed by atoms with Crippen molar-refractivity contribution in [3.8, 4) is 11.6 Å². The highest BCUT2D eigenvalue weighted by atomic mass is 35.5. The van der Waals surface area contributed by atoms with Crippen LogP contribution in [0.15, 0.2) is 59.1 Å². The summed E-state index contributed by atoms with van der Waals surface area (Å²) < 4.78 is 41.2. The van der Waals surface area contributed by atoms with Crippen molar-refractivity contribution in [1.82, 2.24) is 19.4 Å². The minimum atomic E-state index is -4.01. The second-order valence-electron chi connectivity index (χ2n) is 16.6. The van der Waals surface area contributed by atoms with E-state index in [1.54, 1.807) is 65.5 Å². The number of nitrogens with zero attached hydrogens (tertiary/aromatic N) is 5. The number of aliphatic hydroxyl groups is 1. The van der Waals surface area contributed by atoms with Gasteiger partial charge in [0.2, 0.25) is 11.8 Å². The van der Waals surface area contributed by atoms with E-state index in [2.05, 4.69) is 31.2 Å². The number of methoxy groups -OCH3 is 2. The molecule has 3 aromatic rings. The summed E-state index contributed by atoms with van der Waals surface area (Å²) in [6.45, 7) is 3.29. The van der Waals surface area contributed by atoms with Crippen molar-refractivity contribution in [2.75, 3.05) is 58.7 Å². The van der Waals surface area contributed by atoms with E-state index < -0.39 is 45.1 Å². The lowest BCUT2D eigenvalue weighted by molar-refractivity contribution is -0.133. The number of aromatic nitrogens is 2. The maximum atomic E-state index is 15.1. The zero-order valence-corrected chi connectivity index (χ0v) is 35.5. The van der Waals surface area contributed by atoms with E-state index in [9.17, 15) is 19.5 Å². The molecule has 2 N–H and O–H groups in total. The molecular formula is C42H53ClN6O8S. The third-order valence-electron chi connectivity index (χ3n) is 12.5. The zero-order chi connectivity index (χ0) is 41.6. The van der Waals surface area contributed by atoms with Crippen molar-refractivity contribution in [3.05, 3.63) is 82.0 Å². The predicted molar refractivity (Wildman–Crippen MR) is 221 cm³/mol. The van der Waals surface area contributed by atoms with E-state index in [1.807, 2.05) is 6.07 Å². The molecule has 2 aliphatic heterocycles. The predicted octanol–water partition coefficient (Wildman–Crippen LogP) is 4.96. The standard InChI is InChI=1S/C42H53ClN6O8S/c1-26-23-58(54,46-39(52)32-22-48(4)44-40(32)56-6)45-38(51)28-10-14-36-34(19-28)49(24-41(25-57-36)16-7-8-27-18-30(43)11-13-33(27)41)21-29-9-12-31(29)35(55-5)15-17-42(26,53)20-37(50)47(2)3/h10-11,13-15,17-19,22,26,29,31,35,53H,7-9,12,16,20-21,23-25H2,1-6H3,(H,45,46,51,52,54)/b17-15-/t26-,29+,31-,35+,41+,42?,58?/m1/s1. The first-order chi connectivity index (χ1) is 27.6. The van der Waals surface area contributed by atoms with Crippen LogP contribution in [0.5, 0.6) is 11.6 Å². The summed E-state index contributed by atoms with van der Waals surface area (Å²) in [5.41, 5.74) is 1.04. The lowest BCUT2D eigenvalue weighted by Gasteiger charge is -2.46. The smallest absolute Gasteiger partial charge is 0.286 e. The highest BCUT2D eigenvalue weighted by molar-refractivity contribution is 7.92. The molecule has 14 nitrogen and oxygen atoms in total. The van der Waals surface area contributed by atoms with Crippen LogP contribution < -0.4 is 19.1 Å². The van der Waals surface area contributed by atoms with Crippen LogP contribution in [0, 0.1) is 17.8 Å². The Morgan fingerprint density at radius 3 is 2.67 bits per heavy atom. The van der Waals surface area contributed by atoms with Gasteiger partial charge in [-0.3, -0.25) is 23.8 Å². The third kappa shape index (κ3) is 8.23. The van der Waals surface area contributed by atoms with Gasteiger partial charge in [0, 0.05) is 69.5 Å². The fourth-order valence-electron chi connectivity index (χ4n) is 8.99. The summed E-state index contributed by atoms with van der Waals surface area (Å²) in [7, 11) is 3.76. The molecule has 0 saturated heterocycles. The number of amides is 3. The number of rotatable bonds is 6. The maximum Gasteiger partial charge on any atom is 0.286 e. The molecule has 3 amide bonds. The SMILES string of the molecule is COc1nn(C)cc1C(=O)NS1(=O)=NC(=O)c2ccc3c(c2)N(C[C@@H]2CC[C@H]2[C@@H](OC)/C=C\C(O)(CC(=O)N(C)C)[C@H](C)C1)C[C@@]1(CCCc2cc(Cl)ccc21)CO3. The molecule has 1 spiro atoms. The second-order valence-corrected chi connectivity index (χ2v) is 19.0. The lowest BCUT2D eigenvalue weighted by Crippen LogP contribution is -2.50. The van der Waals surface area contributed by atoms with Gasteiger partial charge in [0.15, 0.2) is 0 Å². The summed E-state index contributed by atoms with van der Waals surface area (Å²) in [5, 5.41) is 17.2. The van der Waals surface area contributed by atoms with Gasteiger partial charge in [-0.1, -0.05) is 36.7 Å². The fraction of sp³-hybridized carbons (Fsp3) is 0.524. The van der Waals surface area contributed by atoms with E-state index in [0.29, 0.717) is 30.5 Å². The topological polar surface area (TPSA) is 165 Å². The van der Waals surface area contributed by atoms with Gasteiger partial charge in [-0.15, -0.1) is 9.46 Å². The van der Waals surface area contributed by atoms with Gasteiger partial charge in [0.1, 0.15) is 21.2 Å². The summed E-state index contributed by atoms with van der Waals surface area (Å²) in [6, 6.07) is 11.2. The minimum absolute atomic E-state index is 0.0150. The Morgan fingerprint density at radius 1 is 1.17 bits per heavy atom. The van der Waals surface area contributed by atoms with Gasteiger partial charge in [-0.05, 0) is 85.4 Å². The molecule has 2 unspecified atom stereocenters. The molecule has 1 aromatic heterocycles. The largest absolute Gasteiger partial charge is 0.490 e. The highest BCUT2D eigenvalue weighted by Gasteiger charge is 2.45. The van der Waals surface area contributed by atoms with E-state index in [-0.39, 0.29) is 46.6 Å². The molecule has 4 aliphatic rings. The van der Waals surface area contributed by atoms with Crippen molar-refractivity contribution in [3.63, 3.8) is 0 Å². The Balaban J connectivity index is 1.36. The van der Waals surface area contributed by atoms with Crippen LogP contribution in [0.3, 0.4) is 0 Å². The molecule has 16 heteroatoms. The van der Waals surface area contributed by atoms with Crippen LogP contribution in [0.2, 0.25) is 5.02 Å². The third-order valence-corrected chi connectivity index (χ3v) is 14.6. The van der Waals surface area contributed by atoms with Crippen molar-refractivity contribution >= 4 is 44.9 Å². The number of halogens is 1. The van der Waals surface area contributed by atoms with E-state index in [4.69, 9.17) is 25.8 Å². The molecule has 2 aromatic carbocycles. The van der Waals surface area contributed by atoms with Gasteiger partial charge >= 0.3 is 0 Å². The minimum Gasteiger partial charge on any atom is -0.490 e. The number of hydrogen-bond donors (Lipinski definition) is 2. The van der Waals surface area contributed by atoms with Crippen LogP contribution in [0.4, 0.5) is 5.69 Å². The molecule has 312 valence electrons. The number of benzene rings is 2. The number of ether oxygens (including phenoxy) is 3. The normalized spacial score (nSPS) is 30.1. The van der Waals surface area contributed by atoms with Crippen molar-refractivity contribution in [2.45, 2.75) is 62.6 Å². The monoisotopic (exact) mass is 836 g/mol. The average Bonchev–Trinajstić information content (AvgIpc) is 3.49. The Labute approximate surface area is 345 Å². The summed E-state index contributed by atoms with van der Waals surface area (Å²) in [6.07, 6.45) is 8.61. The number of carbonyl (C=O) groups excluding carboxylic acids is 3. The molecule has 1 fully saturated rings. The first-order valence-electron chi connectivity index (χ1n) is 19.7. The second kappa shape index (κ2) is 16.3. The molecule has 0 radical (unpaired) electrons. The van der Waals surface area contributed by atoms with Gasteiger partial charge in [-0.2, -0.15) is 0 Å². The number of fused-ring (bicyclic) bond motifs is 4. The van der Waals surface area contributed by atoms with Crippen LogP contribution in [-0.4, -0.2) is 107 Å². The van der Waals surface area contributed by atoms with Crippen LogP contribution in [0.25, 0.3) is 0 Å². The molecule has 2 bridgehead atoms. The number of anilines is 1. The zero-order valence-electron chi connectivity index (χ0n) is 33.9. The number of aryl methyl sites for hydroxylation is 2. The fourth-order valence-corrected chi connectivity index (χ4v) is 11.1. The van der Waals surface area contributed by atoms with E-state index in [0.717, 1.165) is 37.8 Å². The first-order valence-corrected chi connectivity index (χ1v) is 21.8. The van der Waals surface area contributed by atoms with Crippen LogP contribution >= 0.6 is 11.6 Å². The quantitative estimate of drug-likeness (QED) is 0.324.